The van der Waals surface area contributed by atoms with Crippen LogP contribution in [-0.2, 0) is 13.7 Å². The Kier molecular flexibility index (Phi) is 5.17. The lowest BCUT2D eigenvalue weighted by Gasteiger charge is -2.26. The predicted octanol–water partition coefficient (Wildman–Crippen LogP) is 1.60. The highest BCUT2D eigenvalue weighted by atomic mass is 16.3. The van der Waals surface area contributed by atoms with Crippen LogP contribution in [-0.4, -0.2) is 28.0 Å². The molecule has 5 heteroatoms. The Morgan fingerprint density at radius 3 is 2.67 bits per heavy atom. The van der Waals surface area contributed by atoms with Gasteiger partial charge in [-0.1, -0.05) is 13.8 Å². The number of nitriles is 1. The molecule has 0 unspecified atom stereocenters. The molecule has 1 heterocycles. The van der Waals surface area contributed by atoms with E-state index in [9.17, 15) is 5.11 Å². The molecule has 1 aromatic rings. The summed E-state index contributed by atoms with van der Waals surface area (Å²) in [5, 5.41) is 22.6. The van der Waals surface area contributed by atoms with Gasteiger partial charge in [-0.05, 0) is 12.8 Å². The van der Waals surface area contributed by atoms with Crippen molar-refractivity contribution < 1.29 is 5.11 Å². The Morgan fingerprint density at radius 2 is 2.17 bits per heavy atom. The van der Waals surface area contributed by atoms with Crippen LogP contribution >= 0.6 is 0 Å². The second-order valence-corrected chi connectivity index (χ2v) is 4.92. The van der Waals surface area contributed by atoms with Crippen molar-refractivity contribution in [2.45, 2.75) is 33.8 Å². The molecule has 1 aromatic heterocycles. The minimum Gasteiger partial charge on any atom is -0.391 e. The first-order valence-electron chi connectivity index (χ1n) is 6.26. The average molecular weight is 250 g/mol. The van der Waals surface area contributed by atoms with E-state index in [0.29, 0.717) is 18.9 Å². The zero-order valence-corrected chi connectivity index (χ0v) is 11.6. The Hall–Kier alpha value is -1.54. The van der Waals surface area contributed by atoms with Crippen LogP contribution in [0.3, 0.4) is 0 Å². The highest BCUT2D eigenvalue weighted by molar-refractivity contribution is 5.50. The van der Waals surface area contributed by atoms with Crippen molar-refractivity contribution in [2.75, 3.05) is 18.0 Å². The fraction of sp³-hybridized carbons (Fsp3) is 0.692. The third-order valence-corrected chi connectivity index (χ3v) is 2.85. The van der Waals surface area contributed by atoms with E-state index in [4.69, 9.17) is 5.26 Å². The summed E-state index contributed by atoms with van der Waals surface area (Å²) in [6.07, 6.45) is 0.474. The van der Waals surface area contributed by atoms with Crippen LogP contribution < -0.4 is 4.90 Å². The van der Waals surface area contributed by atoms with E-state index in [1.54, 1.807) is 4.68 Å². The molecule has 0 atom stereocenters. The summed E-state index contributed by atoms with van der Waals surface area (Å²) in [5.74, 6) is 1.42. The third-order valence-electron chi connectivity index (χ3n) is 2.85. The summed E-state index contributed by atoms with van der Waals surface area (Å²) in [6.45, 7) is 7.68. The van der Waals surface area contributed by atoms with Gasteiger partial charge in [-0.2, -0.15) is 10.4 Å². The van der Waals surface area contributed by atoms with E-state index < -0.39 is 0 Å². The van der Waals surface area contributed by atoms with Gasteiger partial charge in [-0.25, -0.2) is 0 Å². The molecule has 0 saturated carbocycles. The molecule has 0 aliphatic heterocycles. The van der Waals surface area contributed by atoms with Gasteiger partial charge in [0.25, 0.3) is 0 Å². The van der Waals surface area contributed by atoms with E-state index in [2.05, 4.69) is 29.9 Å². The number of hydrogen-bond donors (Lipinski definition) is 1. The zero-order valence-electron chi connectivity index (χ0n) is 11.6. The lowest BCUT2D eigenvalue weighted by Crippen LogP contribution is -2.31. The van der Waals surface area contributed by atoms with Crippen LogP contribution in [0.5, 0.6) is 0 Å². The number of rotatable bonds is 6. The maximum Gasteiger partial charge on any atom is 0.132 e. The topological polar surface area (TPSA) is 65.1 Å². The number of aromatic nitrogens is 2. The molecule has 0 amide bonds. The Balaban J connectivity index is 3.07. The van der Waals surface area contributed by atoms with E-state index in [-0.39, 0.29) is 6.61 Å². The molecule has 1 rings (SSSR count). The number of nitrogens with zero attached hydrogens (tertiary/aromatic N) is 4. The standard InChI is InChI=1S/C13H22N4O/c1-10(2)8-17(7-5-6-14)13-12(9-18)11(3)15-16(13)4/h10,18H,5,7-9H2,1-4H3. The zero-order chi connectivity index (χ0) is 13.7. The van der Waals surface area contributed by atoms with E-state index in [0.717, 1.165) is 23.6 Å². The lowest BCUT2D eigenvalue weighted by molar-refractivity contribution is 0.281. The first-order chi connectivity index (χ1) is 8.51. The van der Waals surface area contributed by atoms with Gasteiger partial charge >= 0.3 is 0 Å². The average Bonchev–Trinajstić information content (AvgIpc) is 2.58. The van der Waals surface area contributed by atoms with Crippen molar-refractivity contribution in [1.29, 1.82) is 5.26 Å². The third kappa shape index (κ3) is 3.23. The summed E-state index contributed by atoms with van der Waals surface area (Å²) in [6, 6.07) is 2.17. The van der Waals surface area contributed by atoms with Gasteiger partial charge in [0, 0.05) is 25.7 Å². The molecule has 100 valence electrons. The molecule has 0 aromatic carbocycles. The highest BCUT2D eigenvalue weighted by Crippen LogP contribution is 2.24. The van der Waals surface area contributed by atoms with Gasteiger partial charge in [-0.15, -0.1) is 0 Å². The number of aliphatic hydroxyl groups excluding tert-OH is 1. The van der Waals surface area contributed by atoms with Crippen molar-refractivity contribution >= 4 is 5.82 Å². The number of aliphatic hydroxyl groups is 1. The van der Waals surface area contributed by atoms with Crippen molar-refractivity contribution in [3.05, 3.63) is 11.3 Å². The molecule has 18 heavy (non-hydrogen) atoms. The predicted molar refractivity (Wildman–Crippen MR) is 71.1 cm³/mol. The molecular weight excluding hydrogens is 228 g/mol. The molecule has 0 aliphatic carbocycles. The molecule has 1 N–H and O–H groups in total. The Labute approximate surface area is 109 Å². The summed E-state index contributed by atoms with van der Waals surface area (Å²) in [4.78, 5) is 2.14. The van der Waals surface area contributed by atoms with Gasteiger partial charge in [0.15, 0.2) is 0 Å². The Bertz CT molecular complexity index is 431. The van der Waals surface area contributed by atoms with E-state index in [1.807, 2.05) is 14.0 Å². The van der Waals surface area contributed by atoms with Crippen LogP contribution in [0.1, 0.15) is 31.5 Å². The number of aryl methyl sites for hydroxylation is 2. The maximum absolute atomic E-state index is 9.48. The molecule has 0 spiro atoms. The van der Waals surface area contributed by atoms with E-state index in [1.165, 1.54) is 0 Å². The summed E-state index contributed by atoms with van der Waals surface area (Å²) in [5.41, 5.74) is 1.71. The van der Waals surface area contributed by atoms with Crippen molar-refractivity contribution in [1.82, 2.24) is 9.78 Å². The summed E-state index contributed by atoms with van der Waals surface area (Å²) in [7, 11) is 1.88. The minimum absolute atomic E-state index is 0.0177. The summed E-state index contributed by atoms with van der Waals surface area (Å²) < 4.78 is 1.79. The second kappa shape index (κ2) is 6.41. The second-order valence-electron chi connectivity index (χ2n) is 4.92. The van der Waals surface area contributed by atoms with Gasteiger partial charge in [-0.3, -0.25) is 4.68 Å². The van der Waals surface area contributed by atoms with E-state index >= 15 is 0 Å². The molecule has 0 bridgehead atoms. The van der Waals surface area contributed by atoms with Crippen LogP contribution in [0.2, 0.25) is 0 Å². The van der Waals surface area contributed by atoms with Crippen molar-refractivity contribution in [2.24, 2.45) is 13.0 Å². The van der Waals surface area contributed by atoms with Crippen LogP contribution in [0, 0.1) is 24.2 Å². The van der Waals surface area contributed by atoms with Crippen LogP contribution in [0.25, 0.3) is 0 Å². The molecular formula is C13H22N4O. The normalized spacial score (nSPS) is 10.7. The van der Waals surface area contributed by atoms with Gasteiger partial charge < -0.3 is 10.0 Å². The SMILES string of the molecule is Cc1nn(C)c(N(CCC#N)CC(C)C)c1CO. The molecule has 0 fully saturated rings. The first-order valence-corrected chi connectivity index (χ1v) is 6.26. The largest absolute Gasteiger partial charge is 0.391 e. The summed E-state index contributed by atoms with van der Waals surface area (Å²) >= 11 is 0. The molecule has 0 aliphatic rings. The minimum atomic E-state index is -0.0177. The van der Waals surface area contributed by atoms with Gasteiger partial charge in [0.05, 0.1) is 24.8 Å². The fourth-order valence-electron chi connectivity index (χ4n) is 2.18. The van der Waals surface area contributed by atoms with Gasteiger partial charge in [0.1, 0.15) is 5.82 Å². The monoisotopic (exact) mass is 250 g/mol. The molecule has 5 nitrogen and oxygen atoms in total. The molecule has 0 radical (unpaired) electrons. The smallest absolute Gasteiger partial charge is 0.132 e. The maximum atomic E-state index is 9.48. The van der Waals surface area contributed by atoms with Crippen molar-refractivity contribution in [3.63, 3.8) is 0 Å². The Morgan fingerprint density at radius 1 is 1.50 bits per heavy atom. The quantitative estimate of drug-likeness (QED) is 0.832. The van der Waals surface area contributed by atoms with Crippen LogP contribution in [0.15, 0.2) is 0 Å². The molecule has 0 saturated heterocycles. The first kappa shape index (κ1) is 14.5. The fourth-order valence-corrected chi connectivity index (χ4v) is 2.18. The van der Waals surface area contributed by atoms with Crippen molar-refractivity contribution in [3.8, 4) is 6.07 Å². The number of hydrogen-bond acceptors (Lipinski definition) is 4. The van der Waals surface area contributed by atoms with Gasteiger partial charge in [0.2, 0.25) is 0 Å². The highest BCUT2D eigenvalue weighted by Gasteiger charge is 2.19. The number of anilines is 1. The van der Waals surface area contributed by atoms with Crippen LogP contribution in [0.4, 0.5) is 5.82 Å². The lowest BCUT2D eigenvalue weighted by atomic mass is 10.1.